The van der Waals surface area contributed by atoms with Crippen LogP contribution in [0.1, 0.15) is 56.8 Å². The van der Waals surface area contributed by atoms with E-state index < -0.39 is 17.4 Å². The Kier molecular flexibility index (Phi) is 5.95. The first-order chi connectivity index (χ1) is 12.4. The molecule has 2 fully saturated rings. The van der Waals surface area contributed by atoms with E-state index in [1.54, 1.807) is 13.8 Å². The van der Waals surface area contributed by atoms with Gasteiger partial charge in [-0.1, -0.05) is 6.07 Å². The highest BCUT2D eigenvalue weighted by Gasteiger charge is 2.36. The average Bonchev–Trinajstić information content (AvgIpc) is 3.17. The molecule has 6 nitrogen and oxygen atoms in total. The molecule has 3 heterocycles. The Morgan fingerprint density at radius 1 is 1.27 bits per heavy atom. The summed E-state index contributed by atoms with van der Waals surface area (Å²) in [7, 11) is 0. The van der Waals surface area contributed by atoms with Crippen LogP contribution >= 0.6 is 0 Å². The van der Waals surface area contributed by atoms with Gasteiger partial charge in [0.25, 0.3) is 0 Å². The molecule has 0 radical (unpaired) electrons. The van der Waals surface area contributed by atoms with E-state index in [1.165, 1.54) is 38.8 Å². The second kappa shape index (κ2) is 8.03. The largest absolute Gasteiger partial charge is 0.481 e. The van der Waals surface area contributed by atoms with Gasteiger partial charge in [-0.25, -0.2) is 0 Å². The zero-order valence-electron chi connectivity index (χ0n) is 16.0. The monoisotopic (exact) mass is 360 g/mol. The first-order valence-electron chi connectivity index (χ1n) is 9.78. The maximum atomic E-state index is 11.4. The lowest BCUT2D eigenvalue weighted by Crippen LogP contribution is -2.43. The Morgan fingerprint density at radius 3 is 2.46 bits per heavy atom. The Labute approximate surface area is 156 Å². The van der Waals surface area contributed by atoms with Crippen LogP contribution < -0.4 is 5.73 Å². The Bertz CT molecular complexity index is 603. The van der Waals surface area contributed by atoms with Crippen LogP contribution in [0, 0.1) is 5.41 Å². The predicted molar refractivity (Wildman–Crippen MR) is 102 cm³/mol. The highest BCUT2D eigenvalue weighted by molar-refractivity contribution is 5.74. The van der Waals surface area contributed by atoms with Crippen molar-refractivity contribution in [3.05, 3.63) is 29.6 Å². The van der Waals surface area contributed by atoms with Gasteiger partial charge in [-0.3, -0.25) is 14.7 Å². The molecule has 0 spiro atoms. The van der Waals surface area contributed by atoms with Crippen molar-refractivity contribution in [3.63, 3.8) is 0 Å². The van der Waals surface area contributed by atoms with Crippen molar-refractivity contribution in [1.82, 2.24) is 14.8 Å². The van der Waals surface area contributed by atoms with Crippen LogP contribution in [-0.4, -0.2) is 58.1 Å². The van der Waals surface area contributed by atoms with Gasteiger partial charge >= 0.3 is 5.97 Å². The molecule has 3 rings (SSSR count). The van der Waals surface area contributed by atoms with E-state index in [4.69, 9.17) is 5.73 Å². The summed E-state index contributed by atoms with van der Waals surface area (Å²) in [4.78, 5) is 21.0. The molecule has 0 saturated carbocycles. The normalized spacial score (nSPS) is 21.8. The van der Waals surface area contributed by atoms with E-state index in [9.17, 15) is 9.90 Å². The molecule has 6 heteroatoms. The number of likely N-dealkylation sites (tertiary alicyclic amines) is 2. The first-order valence-corrected chi connectivity index (χ1v) is 9.78. The van der Waals surface area contributed by atoms with Crippen LogP contribution in [0.3, 0.4) is 0 Å². The third-order valence-corrected chi connectivity index (χ3v) is 6.12. The molecule has 1 aromatic rings. The fourth-order valence-electron chi connectivity index (χ4n) is 4.02. The number of carboxylic acid groups (broad SMARTS) is 1. The minimum absolute atomic E-state index is 0.620. The van der Waals surface area contributed by atoms with Crippen molar-refractivity contribution in [2.45, 2.75) is 58.2 Å². The molecular formula is C20H32N4O2. The summed E-state index contributed by atoms with van der Waals surface area (Å²) in [5, 5.41) is 9.33. The lowest BCUT2D eigenvalue weighted by Gasteiger charge is -2.36. The highest BCUT2D eigenvalue weighted by Crippen LogP contribution is 2.30. The third-order valence-electron chi connectivity index (χ3n) is 6.12. The number of nitrogens with zero attached hydrogens (tertiary/aromatic N) is 3. The molecule has 1 unspecified atom stereocenters. The summed E-state index contributed by atoms with van der Waals surface area (Å²) in [6.07, 6.45) is 7.07. The zero-order chi connectivity index (χ0) is 18.7. The van der Waals surface area contributed by atoms with Crippen LogP contribution in [0.15, 0.2) is 18.3 Å². The number of aromatic nitrogens is 1. The summed E-state index contributed by atoms with van der Waals surface area (Å²) in [5.41, 5.74) is 6.88. The van der Waals surface area contributed by atoms with Crippen LogP contribution in [0.2, 0.25) is 0 Å². The fraction of sp³-hybridized carbons (Fsp3) is 0.700. The van der Waals surface area contributed by atoms with Crippen molar-refractivity contribution in [2.24, 2.45) is 11.1 Å². The van der Waals surface area contributed by atoms with E-state index in [2.05, 4.69) is 14.8 Å². The predicted octanol–water partition coefficient (Wildman–Crippen LogP) is 2.25. The Morgan fingerprint density at radius 2 is 1.92 bits per heavy atom. The SMILES string of the molecule is CC(C)(C(=O)O)C(N)c1ccc(CN2CCC(N3CCCC3)CC2)cn1. The van der Waals surface area contributed by atoms with Crippen molar-refractivity contribution < 1.29 is 9.90 Å². The zero-order valence-corrected chi connectivity index (χ0v) is 16.0. The molecule has 26 heavy (non-hydrogen) atoms. The number of hydrogen-bond acceptors (Lipinski definition) is 5. The van der Waals surface area contributed by atoms with Crippen LogP contribution in [0.4, 0.5) is 0 Å². The quantitative estimate of drug-likeness (QED) is 0.810. The molecule has 144 valence electrons. The van der Waals surface area contributed by atoms with Crippen LogP contribution in [0.5, 0.6) is 0 Å². The van der Waals surface area contributed by atoms with Gasteiger partial charge in [0.1, 0.15) is 0 Å². The smallest absolute Gasteiger partial charge is 0.311 e. The number of nitrogens with two attached hydrogens (primary N) is 1. The van der Waals surface area contributed by atoms with E-state index in [0.29, 0.717) is 5.69 Å². The number of rotatable bonds is 6. The van der Waals surface area contributed by atoms with E-state index in [-0.39, 0.29) is 0 Å². The van der Waals surface area contributed by atoms with Gasteiger partial charge in [0.15, 0.2) is 0 Å². The van der Waals surface area contributed by atoms with Crippen molar-refractivity contribution >= 4 is 5.97 Å². The van der Waals surface area contributed by atoms with Gasteiger partial charge in [0, 0.05) is 18.8 Å². The van der Waals surface area contributed by atoms with Crippen molar-refractivity contribution in [2.75, 3.05) is 26.2 Å². The summed E-state index contributed by atoms with van der Waals surface area (Å²) < 4.78 is 0. The first kappa shape index (κ1) is 19.3. The van der Waals surface area contributed by atoms with Gasteiger partial charge in [0.2, 0.25) is 0 Å². The van der Waals surface area contributed by atoms with Gasteiger partial charge in [0.05, 0.1) is 17.2 Å². The minimum atomic E-state index is -1.04. The molecule has 0 aliphatic carbocycles. The lowest BCUT2D eigenvalue weighted by atomic mass is 9.83. The molecule has 0 aromatic carbocycles. The van der Waals surface area contributed by atoms with E-state index in [0.717, 1.165) is 31.2 Å². The second-order valence-electron chi connectivity index (χ2n) is 8.35. The summed E-state index contributed by atoms with van der Waals surface area (Å²) in [6, 6.07) is 4.06. The second-order valence-corrected chi connectivity index (χ2v) is 8.35. The van der Waals surface area contributed by atoms with Crippen molar-refractivity contribution in [3.8, 4) is 0 Å². The standard InChI is InChI=1S/C20H32N4O2/c1-20(2,19(25)26)18(21)17-6-5-15(13-22-17)14-23-11-7-16(8-12-23)24-9-3-4-10-24/h5-6,13,16,18H,3-4,7-12,14,21H2,1-2H3,(H,25,26). The summed E-state index contributed by atoms with van der Waals surface area (Å²) >= 11 is 0. The molecule has 2 saturated heterocycles. The van der Waals surface area contributed by atoms with Crippen LogP contribution in [-0.2, 0) is 11.3 Å². The molecule has 0 amide bonds. The van der Waals surface area contributed by atoms with Gasteiger partial charge in [-0.15, -0.1) is 0 Å². The topological polar surface area (TPSA) is 82.7 Å². The van der Waals surface area contributed by atoms with E-state index in [1.807, 2.05) is 18.3 Å². The fourth-order valence-corrected chi connectivity index (χ4v) is 4.02. The Balaban J connectivity index is 1.52. The van der Waals surface area contributed by atoms with Gasteiger partial charge in [-0.05, 0) is 77.3 Å². The summed E-state index contributed by atoms with van der Waals surface area (Å²) in [5.74, 6) is -0.906. The molecule has 1 atom stereocenters. The molecule has 3 N–H and O–H groups in total. The number of carboxylic acids is 1. The third kappa shape index (κ3) is 4.24. The maximum absolute atomic E-state index is 11.4. The number of pyridine rings is 1. The molecular weight excluding hydrogens is 328 g/mol. The number of hydrogen-bond donors (Lipinski definition) is 2. The van der Waals surface area contributed by atoms with E-state index >= 15 is 0 Å². The lowest BCUT2D eigenvalue weighted by molar-refractivity contribution is -0.148. The molecule has 2 aliphatic rings. The molecule has 2 aliphatic heterocycles. The van der Waals surface area contributed by atoms with Crippen LogP contribution in [0.25, 0.3) is 0 Å². The number of piperidine rings is 1. The van der Waals surface area contributed by atoms with Gasteiger partial charge in [-0.2, -0.15) is 0 Å². The number of carbonyl (C=O) groups is 1. The van der Waals surface area contributed by atoms with Gasteiger partial charge < -0.3 is 15.7 Å². The van der Waals surface area contributed by atoms with Crippen molar-refractivity contribution in [1.29, 1.82) is 0 Å². The molecule has 0 bridgehead atoms. The molecule has 1 aromatic heterocycles. The minimum Gasteiger partial charge on any atom is -0.481 e. The average molecular weight is 361 g/mol. The number of aliphatic carboxylic acids is 1. The summed E-state index contributed by atoms with van der Waals surface area (Å²) in [6.45, 7) is 9.01. The Hall–Kier alpha value is -1.50. The highest BCUT2D eigenvalue weighted by atomic mass is 16.4. The maximum Gasteiger partial charge on any atom is 0.311 e.